The summed E-state index contributed by atoms with van der Waals surface area (Å²) in [7, 11) is 0. The van der Waals surface area contributed by atoms with Crippen LogP contribution in [0.3, 0.4) is 0 Å². The molecule has 11 heteroatoms. The van der Waals surface area contributed by atoms with E-state index in [4.69, 9.17) is 0 Å². The normalized spacial score (nSPS) is 12.8. The Morgan fingerprint density at radius 2 is 1.77 bits per heavy atom. The van der Waals surface area contributed by atoms with E-state index >= 15 is 0 Å². The van der Waals surface area contributed by atoms with Crippen LogP contribution < -0.4 is 10.6 Å². The fourth-order valence-corrected chi connectivity index (χ4v) is 2.82. The van der Waals surface area contributed by atoms with Gasteiger partial charge < -0.3 is 15.5 Å². The van der Waals surface area contributed by atoms with E-state index in [1.54, 1.807) is 0 Å². The van der Waals surface area contributed by atoms with Gasteiger partial charge in [0.25, 0.3) is 11.8 Å². The Kier molecular flexibility index (Phi) is 5.24. The lowest BCUT2D eigenvalue weighted by Gasteiger charge is -2.31. The van der Waals surface area contributed by atoms with Gasteiger partial charge in [0.05, 0.1) is 23.8 Å². The van der Waals surface area contributed by atoms with Crippen molar-refractivity contribution in [2.75, 3.05) is 23.7 Å². The predicted molar refractivity (Wildman–Crippen MR) is 102 cm³/mol. The minimum Gasteiger partial charge on any atom is -0.338 e. The standard InChI is InChI=1S/C19H15F2N7O2/c20-12-2-3-13(14(15(12)21)19(30)28-6-1-7-28)27-18(29)16-17(25-5-4-24-16)26-11-8-22-10-23-9-11/h2-5,8-10H,1,6-7H2,(H,25,26)(H,27,29). The fraction of sp³-hybridized carbons (Fsp3) is 0.158. The maximum absolute atomic E-state index is 14.4. The van der Waals surface area contributed by atoms with E-state index in [0.717, 1.165) is 18.6 Å². The number of halogens is 2. The summed E-state index contributed by atoms with van der Waals surface area (Å²) in [6, 6.07) is 1.98. The molecule has 1 fully saturated rings. The van der Waals surface area contributed by atoms with Crippen molar-refractivity contribution in [3.05, 3.63) is 66.1 Å². The van der Waals surface area contributed by atoms with Gasteiger partial charge in [0.1, 0.15) is 11.9 Å². The molecular formula is C19H15F2N7O2. The Labute approximate surface area is 169 Å². The Hall–Kier alpha value is -4.02. The molecule has 3 aromatic rings. The summed E-state index contributed by atoms with van der Waals surface area (Å²) in [4.78, 5) is 42.6. The Balaban J connectivity index is 1.64. The molecule has 152 valence electrons. The molecule has 3 heterocycles. The van der Waals surface area contributed by atoms with Gasteiger partial charge in [0, 0.05) is 25.5 Å². The van der Waals surface area contributed by atoms with Crippen LogP contribution in [0.5, 0.6) is 0 Å². The maximum Gasteiger partial charge on any atom is 0.278 e. The van der Waals surface area contributed by atoms with Crippen LogP contribution in [0.15, 0.2) is 43.2 Å². The van der Waals surface area contributed by atoms with E-state index in [1.807, 2.05) is 0 Å². The summed E-state index contributed by atoms with van der Waals surface area (Å²) < 4.78 is 28.2. The van der Waals surface area contributed by atoms with Crippen LogP contribution in [0.1, 0.15) is 27.3 Å². The SMILES string of the molecule is O=C(Nc1ccc(F)c(F)c1C(=O)N1CCC1)c1nccnc1Nc1cncnc1. The highest BCUT2D eigenvalue weighted by Gasteiger charge is 2.29. The highest BCUT2D eigenvalue weighted by atomic mass is 19.2. The number of likely N-dealkylation sites (tertiary alicyclic amines) is 1. The largest absolute Gasteiger partial charge is 0.338 e. The molecule has 1 saturated heterocycles. The van der Waals surface area contributed by atoms with Crippen molar-refractivity contribution in [3.8, 4) is 0 Å². The molecule has 0 aliphatic carbocycles. The molecule has 0 atom stereocenters. The molecule has 2 amide bonds. The summed E-state index contributed by atoms with van der Waals surface area (Å²) in [6.45, 7) is 0.888. The molecule has 0 radical (unpaired) electrons. The van der Waals surface area contributed by atoms with Gasteiger partial charge in [0.15, 0.2) is 23.1 Å². The first-order chi connectivity index (χ1) is 14.5. The third-order valence-electron chi connectivity index (χ3n) is 4.44. The summed E-state index contributed by atoms with van der Waals surface area (Å²) in [5, 5.41) is 5.30. The number of carbonyl (C=O) groups is 2. The number of benzene rings is 1. The topological polar surface area (TPSA) is 113 Å². The molecule has 0 saturated carbocycles. The highest BCUT2D eigenvalue weighted by molar-refractivity contribution is 6.10. The minimum atomic E-state index is -1.32. The van der Waals surface area contributed by atoms with Crippen LogP contribution >= 0.6 is 0 Å². The lowest BCUT2D eigenvalue weighted by atomic mass is 10.1. The molecule has 0 unspecified atom stereocenters. The zero-order valence-electron chi connectivity index (χ0n) is 15.5. The molecule has 0 bridgehead atoms. The van der Waals surface area contributed by atoms with Gasteiger partial charge in [-0.15, -0.1) is 0 Å². The lowest BCUT2D eigenvalue weighted by molar-refractivity contribution is 0.0647. The van der Waals surface area contributed by atoms with E-state index in [1.165, 1.54) is 36.0 Å². The van der Waals surface area contributed by atoms with E-state index in [9.17, 15) is 18.4 Å². The van der Waals surface area contributed by atoms with Crippen LogP contribution in [-0.2, 0) is 0 Å². The lowest BCUT2D eigenvalue weighted by Crippen LogP contribution is -2.42. The second-order valence-corrected chi connectivity index (χ2v) is 6.39. The highest BCUT2D eigenvalue weighted by Crippen LogP contribution is 2.26. The van der Waals surface area contributed by atoms with Gasteiger partial charge in [-0.1, -0.05) is 0 Å². The molecule has 1 aliphatic rings. The van der Waals surface area contributed by atoms with Crippen molar-refractivity contribution < 1.29 is 18.4 Å². The monoisotopic (exact) mass is 411 g/mol. The van der Waals surface area contributed by atoms with Crippen molar-refractivity contribution in [1.29, 1.82) is 0 Å². The number of hydrogen-bond acceptors (Lipinski definition) is 7. The van der Waals surface area contributed by atoms with E-state index in [-0.39, 0.29) is 17.2 Å². The average molecular weight is 411 g/mol. The number of nitrogens with one attached hydrogen (secondary N) is 2. The van der Waals surface area contributed by atoms with Crippen LogP contribution in [0, 0.1) is 11.6 Å². The summed E-state index contributed by atoms with van der Waals surface area (Å²) in [6.07, 6.45) is 7.75. The van der Waals surface area contributed by atoms with E-state index in [0.29, 0.717) is 18.8 Å². The molecular weight excluding hydrogens is 396 g/mol. The zero-order chi connectivity index (χ0) is 21.1. The quantitative estimate of drug-likeness (QED) is 0.663. The van der Waals surface area contributed by atoms with Gasteiger partial charge in [-0.2, -0.15) is 0 Å². The first-order valence-electron chi connectivity index (χ1n) is 8.96. The summed E-state index contributed by atoms with van der Waals surface area (Å²) in [5.41, 5.74) is -0.338. The number of carbonyl (C=O) groups excluding carboxylic acids is 2. The van der Waals surface area contributed by atoms with Gasteiger partial charge in [-0.3, -0.25) is 9.59 Å². The third-order valence-corrected chi connectivity index (χ3v) is 4.44. The molecule has 4 rings (SSSR count). The second-order valence-electron chi connectivity index (χ2n) is 6.39. The molecule has 9 nitrogen and oxygen atoms in total. The van der Waals surface area contributed by atoms with Crippen molar-refractivity contribution in [3.63, 3.8) is 0 Å². The predicted octanol–water partition coefficient (Wildman–Crippen LogP) is 2.39. The minimum absolute atomic E-state index is 0.100. The van der Waals surface area contributed by atoms with Crippen molar-refractivity contribution in [1.82, 2.24) is 24.8 Å². The van der Waals surface area contributed by atoms with Crippen molar-refractivity contribution >= 4 is 29.0 Å². The van der Waals surface area contributed by atoms with E-state index in [2.05, 4.69) is 30.6 Å². The number of aromatic nitrogens is 4. The number of anilines is 3. The fourth-order valence-electron chi connectivity index (χ4n) is 2.82. The molecule has 0 spiro atoms. The van der Waals surface area contributed by atoms with Crippen LogP contribution in [0.2, 0.25) is 0 Å². The zero-order valence-corrected chi connectivity index (χ0v) is 15.5. The van der Waals surface area contributed by atoms with Gasteiger partial charge in [0.2, 0.25) is 0 Å². The molecule has 1 aromatic carbocycles. The third kappa shape index (κ3) is 3.77. The number of amides is 2. The Bertz CT molecular complexity index is 1110. The maximum atomic E-state index is 14.4. The van der Waals surface area contributed by atoms with Gasteiger partial charge in [-0.05, 0) is 18.6 Å². The molecule has 2 aromatic heterocycles. The smallest absolute Gasteiger partial charge is 0.278 e. The van der Waals surface area contributed by atoms with E-state index < -0.39 is 29.0 Å². The first kappa shape index (κ1) is 19.3. The average Bonchev–Trinajstić information content (AvgIpc) is 2.70. The number of nitrogens with zero attached hydrogens (tertiary/aromatic N) is 5. The second kappa shape index (κ2) is 8.15. The van der Waals surface area contributed by atoms with Crippen molar-refractivity contribution in [2.45, 2.75) is 6.42 Å². The molecule has 1 aliphatic heterocycles. The number of rotatable bonds is 5. The molecule has 2 N–H and O–H groups in total. The first-order valence-corrected chi connectivity index (χ1v) is 8.96. The van der Waals surface area contributed by atoms with Crippen LogP contribution in [-0.4, -0.2) is 49.7 Å². The van der Waals surface area contributed by atoms with Crippen molar-refractivity contribution in [2.24, 2.45) is 0 Å². The number of hydrogen-bond donors (Lipinski definition) is 2. The summed E-state index contributed by atoms with van der Waals surface area (Å²) >= 11 is 0. The Morgan fingerprint density at radius 3 is 2.47 bits per heavy atom. The Morgan fingerprint density at radius 1 is 1.03 bits per heavy atom. The molecule has 30 heavy (non-hydrogen) atoms. The van der Waals surface area contributed by atoms with Crippen LogP contribution in [0.4, 0.5) is 26.0 Å². The van der Waals surface area contributed by atoms with Gasteiger partial charge in [-0.25, -0.2) is 28.7 Å². The summed E-state index contributed by atoms with van der Waals surface area (Å²) in [5.74, 6) is -3.84. The van der Waals surface area contributed by atoms with Gasteiger partial charge >= 0.3 is 0 Å². The van der Waals surface area contributed by atoms with Crippen LogP contribution in [0.25, 0.3) is 0 Å².